The Balaban J connectivity index is 1.57. The standard InChI is InChI=1S/C23H31N3O4S/c1-17(2)19-5-7-20(8-6-19)24-23(27)18(3)25-13-15-26(16-14-25)31(28,29)22-11-9-21(30-4)10-12-22/h5-12,17-18H,13-16H2,1-4H3,(H,24,27)/t18-/m0/s1. The minimum absolute atomic E-state index is 0.0937. The smallest absolute Gasteiger partial charge is 0.243 e. The molecule has 0 bridgehead atoms. The van der Waals surface area contributed by atoms with Crippen LogP contribution in [0.3, 0.4) is 0 Å². The topological polar surface area (TPSA) is 79.0 Å². The summed E-state index contributed by atoms with van der Waals surface area (Å²) in [6.45, 7) is 7.79. The molecule has 31 heavy (non-hydrogen) atoms. The van der Waals surface area contributed by atoms with Gasteiger partial charge >= 0.3 is 0 Å². The Morgan fingerprint density at radius 2 is 1.52 bits per heavy atom. The summed E-state index contributed by atoms with van der Waals surface area (Å²) in [6, 6.07) is 13.9. The number of anilines is 1. The van der Waals surface area contributed by atoms with E-state index in [2.05, 4.69) is 19.2 Å². The van der Waals surface area contributed by atoms with Crippen LogP contribution in [0.25, 0.3) is 0 Å². The molecule has 0 radical (unpaired) electrons. The maximum absolute atomic E-state index is 12.9. The molecular weight excluding hydrogens is 414 g/mol. The van der Waals surface area contributed by atoms with Crippen LogP contribution in [0, 0.1) is 0 Å². The third-order valence-electron chi connectivity index (χ3n) is 5.74. The molecule has 168 valence electrons. The zero-order valence-electron chi connectivity index (χ0n) is 18.5. The van der Waals surface area contributed by atoms with E-state index in [9.17, 15) is 13.2 Å². The molecule has 0 unspecified atom stereocenters. The molecule has 0 aliphatic carbocycles. The number of nitrogens with one attached hydrogen (secondary N) is 1. The summed E-state index contributed by atoms with van der Waals surface area (Å²) in [7, 11) is -2.02. The van der Waals surface area contributed by atoms with Gasteiger partial charge in [-0.2, -0.15) is 4.31 Å². The zero-order valence-corrected chi connectivity index (χ0v) is 19.4. The van der Waals surface area contributed by atoms with Crippen molar-refractivity contribution in [1.29, 1.82) is 0 Å². The van der Waals surface area contributed by atoms with Crippen LogP contribution in [-0.4, -0.2) is 62.9 Å². The molecule has 0 saturated carbocycles. The molecule has 1 atom stereocenters. The van der Waals surface area contributed by atoms with Gasteiger partial charge in [0.15, 0.2) is 0 Å². The van der Waals surface area contributed by atoms with E-state index in [1.165, 1.54) is 9.87 Å². The summed E-state index contributed by atoms with van der Waals surface area (Å²) < 4.78 is 32.4. The largest absolute Gasteiger partial charge is 0.497 e. The first-order valence-corrected chi connectivity index (χ1v) is 12.0. The molecular formula is C23H31N3O4S. The van der Waals surface area contributed by atoms with E-state index in [0.29, 0.717) is 37.8 Å². The van der Waals surface area contributed by atoms with Crippen LogP contribution in [0.15, 0.2) is 53.4 Å². The first-order chi connectivity index (χ1) is 14.7. The number of piperazine rings is 1. The lowest BCUT2D eigenvalue weighted by atomic mass is 10.0. The van der Waals surface area contributed by atoms with Gasteiger partial charge in [0, 0.05) is 31.9 Å². The van der Waals surface area contributed by atoms with Crippen molar-refractivity contribution in [2.45, 2.75) is 37.6 Å². The number of hydrogen-bond donors (Lipinski definition) is 1. The van der Waals surface area contributed by atoms with E-state index in [0.717, 1.165) is 5.69 Å². The molecule has 0 aromatic heterocycles. The van der Waals surface area contributed by atoms with Crippen LogP contribution >= 0.6 is 0 Å². The Bertz CT molecular complexity index is 980. The van der Waals surface area contributed by atoms with Gasteiger partial charge < -0.3 is 10.1 Å². The Hall–Kier alpha value is -2.42. The Morgan fingerprint density at radius 3 is 2.03 bits per heavy atom. The summed E-state index contributed by atoms with van der Waals surface area (Å²) in [6.07, 6.45) is 0. The van der Waals surface area contributed by atoms with E-state index in [4.69, 9.17) is 4.74 Å². The Labute approximate surface area is 185 Å². The fraction of sp³-hybridized carbons (Fsp3) is 0.435. The molecule has 1 aliphatic heterocycles. The minimum atomic E-state index is -3.57. The molecule has 3 rings (SSSR count). The summed E-state index contributed by atoms with van der Waals surface area (Å²) in [5, 5.41) is 2.96. The molecule has 7 nitrogen and oxygen atoms in total. The highest BCUT2D eigenvalue weighted by Crippen LogP contribution is 2.22. The number of hydrogen-bond acceptors (Lipinski definition) is 5. The van der Waals surface area contributed by atoms with Crippen LogP contribution in [0.2, 0.25) is 0 Å². The van der Waals surface area contributed by atoms with Gasteiger partial charge in [-0.3, -0.25) is 9.69 Å². The summed E-state index contributed by atoms with van der Waals surface area (Å²) in [5.41, 5.74) is 1.99. The third kappa shape index (κ3) is 5.44. The van der Waals surface area contributed by atoms with E-state index in [-0.39, 0.29) is 16.8 Å². The fourth-order valence-electron chi connectivity index (χ4n) is 3.59. The number of amides is 1. The second-order valence-corrected chi connectivity index (χ2v) is 10.00. The number of carbonyl (C=O) groups excluding carboxylic acids is 1. The molecule has 1 amide bonds. The quantitative estimate of drug-likeness (QED) is 0.708. The average Bonchev–Trinajstić information content (AvgIpc) is 2.79. The van der Waals surface area contributed by atoms with Crippen molar-refractivity contribution in [3.8, 4) is 5.75 Å². The van der Waals surface area contributed by atoms with Crippen LogP contribution in [-0.2, 0) is 14.8 Å². The molecule has 8 heteroatoms. The van der Waals surface area contributed by atoms with Crippen molar-refractivity contribution in [3.05, 3.63) is 54.1 Å². The monoisotopic (exact) mass is 445 g/mol. The second kappa shape index (κ2) is 9.80. The Kier molecular flexibility index (Phi) is 7.35. The van der Waals surface area contributed by atoms with Gasteiger partial charge in [-0.15, -0.1) is 0 Å². The fourth-order valence-corrected chi connectivity index (χ4v) is 5.01. The van der Waals surface area contributed by atoms with E-state index in [1.807, 2.05) is 36.1 Å². The van der Waals surface area contributed by atoms with E-state index < -0.39 is 10.0 Å². The Morgan fingerprint density at radius 1 is 0.935 bits per heavy atom. The minimum Gasteiger partial charge on any atom is -0.497 e. The highest BCUT2D eigenvalue weighted by Gasteiger charge is 2.31. The van der Waals surface area contributed by atoms with Gasteiger partial charge in [0.1, 0.15) is 5.75 Å². The number of methoxy groups -OCH3 is 1. The van der Waals surface area contributed by atoms with Gasteiger partial charge in [-0.25, -0.2) is 8.42 Å². The van der Waals surface area contributed by atoms with Crippen molar-refractivity contribution in [2.24, 2.45) is 0 Å². The lowest BCUT2D eigenvalue weighted by molar-refractivity contribution is -0.121. The number of ether oxygens (including phenoxy) is 1. The number of benzene rings is 2. The molecule has 1 N–H and O–H groups in total. The number of sulfonamides is 1. The predicted molar refractivity (Wildman–Crippen MR) is 122 cm³/mol. The molecule has 2 aromatic rings. The van der Waals surface area contributed by atoms with Crippen LogP contribution in [0.1, 0.15) is 32.3 Å². The summed E-state index contributed by atoms with van der Waals surface area (Å²) in [5.74, 6) is 0.959. The van der Waals surface area contributed by atoms with Crippen molar-refractivity contribution < 1.29 is 17.9 Å². The van der Waals surface area contributed by atoms with Crippen molar-refractivity contribution in [2.75, 3.05) is 38.6 Å². The number of carbonyl (C=O) groups is 1. The lowest BCUT2D eigenvalue weighted by Gasteiger charge is -2.36. The van der Waals surface area contributed by atoms with Crippen molar-refractivity contribution in [3.63, 3.8) is 0 Å². The van der Waals surface area contributed by atoms with Gasteiger partial charge in [0.25, 0.3) is 0 Å². The average molecular weight is 446 g/mol. The van der Waals surface area contributed by atoms with Crippen LogP contribution in [0.4, 0.5) is 5.69 Å². The van der Waals surface area contributed by atoms with Gasteiger partial charge in [-0.05, 0) is 54.8 Å². The lowest BCUT2D eigenvalue weighted by Crippen LogP contribution is -2.53. The van der Waals surface area contributed by atoms with Gasteiger partial charge in [-0.1, -0.05) is 26.0 Å². The first-order valence-electron chi connectivity index (χ1n) is 10.5. The second-order valence-electron chi connectivity index (χ2n) is 8.06. The molecule has 1 fully saturated rings. The molecule has 1 aliphatic rings. The predicted octanol–water partition coefficient (Wildman–Crippen LogP) is 3.15. The van der Waals surface area contributed by atoms with Gasteiger partial charge in [0.05, 0.1) is 18.0 Å². The molecule has 0 spiro atoms. The van der Waals surface area contributed by atoms with Crippen molar-refractivity contribution >= 4 is 21.6 Å². The molecule has 1 saturated heterocycles. The summed E-state index contributed by atoms with van der Waals surface area (Å²) in [4.78, 5) is 15.0. The van der Waals surface area contributed by atoms with Crippen LogP contribution in [0.5, 0.6) is 5.75 Å². The third-order valence-corrected chi connectivity index (χ3v) is 7.66. The maximum Gasteiger partial charge on any atom is 0.243 e. The summed E-state index contributed by atoms with van der Waals surface area (Å²) >= 11 is 0. The van der Waals surface area contributed by atoms with Crippen LogP contribution < -0.4 is 10.1 Å². The normalized spacial score (nSPS) is 16.8. The number of nitrogens with zero attached hydrogens (tertiary/aromatic N) is 2. The highest BCUT2D eigenvalue weighted by atomic mass is 32.2. The van der Waals surface area contributed by atoms with E-state index >= 15 is 0 Å². The maximum atomic E-state index is 12.9. The highest BCUT2D eigenvalue weighted by molar-refractivity contribution is 7.89. The SMILES string of the molecule is COc1ccc(S(=O)(=O)N2CCN([C@@H](C)C(=O)Nc3ccc(C(C)C)cc3)CC2)cc1. The van der Waals surface area contributed by atoms with Gasteiger partial charge in [0.2, 0.25) is 15.9 Å². The molecule has 1 heterocycles. The number of rotatable bonds is 7. The molecule has 2 aromatic carbocycles. The zero-order chi connectivity index (χ0) is 22.6. The first kappa shape index (κ1) is 23.2. The van der Waals surface area contributed by atoms with E-state index in [1.54, 1.807) is 31.4 Å². The van der Waals surface area contributed by atoms with Crippen molar-refractivity contribution in [1.82, 2.24) is 9.21 Å².